The minimum atomic E-state index is -0.313. The third-order valence-electron chi connectivity index (χ3n) is 1.05. The van der Waals surface area contributed by atoms with Crippen molar-refractivity contribution in [2.24, 2.45) is 5.92 Å². The Morgan fingerprint density at radius 2 is 1.89 bits per heavy atom. The first-order valence-corrected chi connectivity index (χ1v) is 3.64. The summed E-state index contributed by atoms with van der Waals surface area (Å²) in [5.74, 6) is 0.574. The Labute approximate surface area is 61.4 Å². The molecule has 9 heavy (non-hydrogen) atoms. The van der Waals surface area contributed by atoms with Crippen LogP contribution in [-0.2, 0) is 4.79 Å². The van der Waals surface area contributed by atoms with E-state index in [9.17, 15) is 4.79 Å². The Morgan fingerprint density at radius 1 is 1.44 bits per heavy atom. The summed E-state index contributed by atoms with van der Waals surface area (Å²) in [6, 6.07) is 0. The molecule has 0 fully saturated rings. The van der Waals surface area contributed by atoms with Crippen molar-refractivity contribution >= 4 is 17.4 Å². The molecule has 0 aliphatic carbocycles. The van der Waals surface area contributed by atoms with Gasteiger partial charge in [-0.15, -0.1) is 11.6 Å². The summed E-state index contributed by atoms with van der Waals surface area (Å²) in [6.45, 7) is 5.74. The van der Waals surface area contributed by atoms with Crippen LogP contribution in [0.2, 0.25) is 0 Å². The summed E-state index contributed by atoms with van der Waals surface area (Å²) in [7, 11) is 0. The summed E-state index contributed by atoms with van der Waals surface area (Å²) in [4.78, 5) is 10.8. The van der Waals surface area contributed by atoms with E-state index in [4.69, 9.17) is 11.6 Å². The second-order valence-corrected chi connectivity index (χ2v) is 3.33. The van der Waals surface area contributed by atoms with Crippen LogP contribution in [-0.4, -0.2) is 11.2 Å². The SMILES string of the molecule is CC(C)CC(=O)[C@H](C)Cl. The molecule has 0 N–H and O–H groups in total. The number of ketones is 1. The summed E-state index contributed by atoms with van der Waals surface area (Å²) in [5.41, 5.74) is 0. The quantitative estimate of drug-likeness (QED) is 0.561. The molecule has 2 heteroatoms. The van der Waals surface area contributed by atoms with Crippen LogP contribution in [0, 0.1) is 5.92 Å². The molecule has 0 amide bonds. The molecule has 1 atom stereocenters. The van der Waals surface area contributed by atoms with Crippen molar-refractivity contribution in [3.8, 4) is 0 Å². The number of rotatable bonds is 3. The molecule has 1 nitrogen and oxygen atoms in total. The van der Waals surface area contributed by atoms with Gasteiger partial charge in [0.25, 0.3) is 0 Å². The minimum absolute atomic E-state index is 0.145. The second kappa shape index (κ2) is 3.89. The monoisotopic (exact) mass is 148 g/mol. The fraction of sp³-hybridized carbons (Fsp3) is 0.857. The van der Waals surface area contributed by atoms with Gasteiger partial charge in [-0.05, 0) is 12.8 Å². The molecule has 0 aliphatic heterocycles. The molecule has 0 aliphatic rings. The zero-order chi connectivity index (χ0) is 7.44. The molecular formula is C7H13ClO. The molecule has 0 spiro atoms. The molecule has 0 aromatic carbocycles. The van der Waals surface area contributed by atoms with Gasteiger partial charge >= 0.3 is 0 Å². The van der Waals surface area contributed by atoms with Crippen LogP contribution in [0.3, 0.4) is 0 Å². The Kier molecular flexibility index (Phi) is 3.87. The molecule has 0 radical (unpaired) electrons. The molecule has 0 aromatic rings. The van der Waals surface area contributed by atoms with E-state index in [1.165, 1.54) is 0 Å². The van der Waals surface area contributed by atoms with Gasteiger partial charge in [-0.1, -0.05) is 13.8 Å². The van der Waals surface area contributed by atoms with Crippen LogP contribution in [0.5, 0.6) is 0 Å². The van der Waals surface area contributed by atoms with E-state index >= 15 is 0 Å². The summed E-state index contributed by atoms with van der Waals surface area (Å²) >= 11 is 5.52. The van der Waals surface area contributed by atoms with E-state index in [-0.39, 0.29) is 11.2 Å². The number of carbonyl (C=O) groups is 1. The highest BCUT2D eigenvalue weighted by molar-refractivity contribution is 6.30. The fourth-order valence-corrected chi connectivity index (χ4v) is 0.654. The van der Waals surface area contributed by atoms with Crippen LogP contribution >= 0.6 is 11.6 Å². The summed E-state index contributed by atoms with van der Waals surface area (Å²) < 4.78 is 0. The van der Waals surface area contributed by atoms with E-state index in [0.29, 0.717) is 12.3 Å². The maximum atomic E-state index is 10.8. The van der Waals surface area contributed by atoms with Gasteiger partial charge in [0, 0.05) is 6.42 Å². The lowest BCUT2D eigenvalue weighted by Gasteiger charge is -2.03. The van der Waals surface area contributed by atoms with E-state index < -0.39 is 0 Å². The van der Waals surface area contributed by atoms with E-state index in [1.54, 1.807) is 6.92 Å². The molecule has 0 heterocycles. The lowest BCUT2D eigenvalue weighted by Crippen LogP contribution is -2.12. The maximum Gasteiger partial charge on any atom is 0.150 e. The van der Waals surface area contributed by atoms with Gasteiger partial charge in [0.05, 0.1) is 5.38 Å². The number of halogens is 1. The van der Waals surface area contributed by atoms with Gasteiger partial charge < -0.3 is 0 Å². The molecule has 0 saturated heterocycles. The highest BCUT2D eigenvalue weighted by atomic mass is 35.5. The average Bonchev–Trinajstić information content (AvgIpc) is 1.63. The maximum absolute atomic E-state index is 10.8. The third-order valence-corrected chi connectivity index (χ3v) is 1.30. The number of hydrogen-bond donors (Lipinski definition) is 0. The minimum Gasteiger partial charge on any atom is -0.298 e. The average molecular weight is 149 g/mol. The molecule has 0 aromatic heterocycles. The van der Waals surface area contributed by atoms with Crippen molar-refractivity contribution in [3.05, 3.63) is 0 Å². The Balaban J connectivity index is 3.51. The van der Waals surface area contributed by atoms with Crippen molar-refractivity contribution in [1.82, 2.24) is 0 Å². The third kappa shape index (κ3) is 4.46. The molecular weight excluding hydrogens is 136 g/mol. The van der Waals surface area contributed by atoms with E-state index in [0.717, 1.165) is 0 Å². The van der Waals surface area contributed by atoms with Gasteiger partial charge in [0.2, 0.25) is 0 Å². The molecule has 0 unspecified atom stereocenters. The van der Waals surface area contributed by atoms with Gasteiger partial charge in [-0.25, -0.2) is 0 Å². The second-order valence-electron chi connectivity index (χ2n) is 2.68. The predicted molar refractivity (Wildman–Crippen MR) is 39.8 cm³/mol. The number of hydrogen-bond acceptors (Lipinski definition) is 1. The highest BCUT2D eigenvalue weighted by Gasteiger charge is 2.09. The first kappa shape index (κ1) is 8.96. The topological polar surface area (TPSA) is 17.1 Å². The highest BCUT2D eigenvalue weighted by Crippen LogP contribution is 2.06. The van der Waals surface area contributed by atoms with Crippen molar-refractivity contribution in [1.29, 1.82) is 0 Å². The Morgan fingerprint density at radius 3 is 2.00 bits per heavy atom. The fourth-order valence-electron chi connectivity index (χ4n) is 0.565. The zero-order valence-corrected chi connectivity index (χ0v) is 6.90. The molecule has 54 valence electrons. The zero-order valence-electron chi connectivity index (χ0n) is 6.15. The van der Waals surface area contributed by atoms with Crippen molar-refractivity contribution in [3.63, 3.8) is 0 Å². The molecule has 0 saturated carbocycles. The van der Waals surface area contributed by atoms with Crippen molar-refractivity contribution < 1.29 is 4.79 Å². The van der Waals surface area contributed by atoms with Gasteiger partial charge in [-0.2, -0.15) is 0 Å². The predicted octanol–water partition coefficient (Wildman–Crippen LogP) is 2.23. The van der Waals surface area contributed by atoms with Crippen LogP contribution in [0.15, 0.2) is 0 Å². The van der Waals surface area contributed by atoms with Crippen LogP contribution < -0.4 is 0 Å². The number of Topliss-reactive ketones (excluding diaryl/α,β-unsaturated/α-hetero) is 1. The molecule has 0 bridgehead atoms. The Hall–Kier alpha value is -0.0400. The van der Waals surface area contributed by atoms with Crippen LogP contribution in [0.25, 0.3) is 0 Å². The Bertz CT molecular complexity index is 97.1. The van der Waals surface area contributed by atoms with Gasteiger partial charge in [-0.3, -0.25) is 4.79 Å². The first-order chi connectivity index (χ1) is 4.04. The lowest BCUT2D eigenvalue weighted by molar-refractivity contribution is -0.119. The number of alkyl halides is 1. The largest absolute Gasteiger partial charge is 0.298 e. The van der Waals surface area contributed by atoms with Gasteiger partial charge in [0.1, 0.15) is 0 Å². The van der Waals surface area contributed by atoms with Crippen molar-refractivity contribution in [2.75, 3.05) is 0 Å². The van der Waals surface area contributed by atoms with Crippen LogP contribution in [0.4, 0.5) is 0 Å². The van der Waals surface area contributed by atoms with E-state index in [2.05, 4.69) is 0 Å². The summed E-state index contributed by atoms with van der Waals surface area (Å²) in [5, 5.41) is -0.313. The van der Waals surface area contributed by atoms with Crippen molar-refractivity contribution in [2.45, 2.75) is 32.6 Å². The number of carbonyl (C=O) groups excluding carboxylic acids is 1. The van der Waals surface area contributed by atoms with E-state index in [1.807, 2.05) is 13.8 Å². The van der Waals surface area contributed by atoms with Gasteiger partial charge in [0.15, 0.2) is 5.78 Å². The lowest BCUT2D eigenvalue weighted by atomic mass is 10.1. The standard InChI is InChI=1S/C7H13ClO/c1-5(2)4-7(9)6(3)8/h5-6H,4H2,1-3H3/t6-/m0/s1. The summed E-state index contributed by atoms with van der Waals surface area (Å²) in [6.07, 6.45) is 0.602. The first-order valence-electron chi connectivity index (χ1n) is 3.20. The molecule has 0 rings (SSSR count). The van der Waals surface area contributed by atoms with Crippen LogP contribution in [0.1, 0.15) is 27.2 Å². The normalized spacial score (nSPS) is 13.9. The smallest absolute Gasteiger partial charge is 0.150 e.